The molecule has 0 bridgehead atoms. The van der Waals surface area contributed by atoms with Crippen LogP contribution in [0.25, 0.3) is 0 Å². The van der Waals surface area contributed by atoms with Gasteiger partial charge in [0.2, 0.25) is 0 Å². The van der Waals surface area contributed by atoms with Crippen LogP contribution in [-0.2, 0) is 4.74 Å². The quantitative estimate of drug-likeness (QED) is 0.832. The molecule has 7 heteroatoms. The molecule has 1 fully saturated rings. The van der Waals surface area contributed by atoms with Crippen molar-refractivity contribution in [1.29, 1.82) is 0 Å². The monoisotopic (exact) mass is 372 g/mol. The predicted octanol–water partition coefficient (Wildman–Crippen LogP) is 3.64. The number of nitrogens with one attached hydrogen (secondary N) is 1. The van der Waals surface area contributed by atoms with Gasteiger partial charge in [0, 0.05) is 12.1 Å². The molecule has 2 aromatic rings. The number of ether oxygens (including phenoxy) is 2. The maximum Gasteiger partial charge on any atom is 0.322 e. The van der Waals surface area contributed by atoms with Crippen LogP contribution in [0.15, 0.2) is 42.5 Å². The second-order valence-electron chi connectivity index (χ2n) is 6.26. The molecule has 0 radical (unpaired) electrons. The Labute approximate surface area is 156 Å². The normalized spacial score (nSPS) is 16.7. The molecule has 0 aromatic heterocycles. The summed E-state index contributed by atoms with van der Waals surface area (Å²) >= 11 is 0. The number of benzene rings is 2. The number of amides is 2. The molecule has 0 aliphatic carbocycles. The predicted molar refractivity (Wildman–Crippen MR) is 98.7 cm³/mol. The number of rotatable bonds is 4. The summed E-state index contributed by atoms with van der Waals surface area (Å²) in [6, 6.07) is 10.6. The third-order valence-corrected chi connectivity index (χ3v) is 4.44. The highest BCUT2D eigenvalue weighted by Crippen LogP contribution is 2.27. The number of carbonyl (C=O) groups excluding carboxylic acids is 2. The molecule has 0 saturated carbocycles. The molecule has 1 N–H and O–H groups in total. The Morgan fingerprint density at radius 2 is 1.96 bits per heavy atom. The SMILES string of the molecule is COc1ccc(C(C)=O)cc1NC(=O)N1CCO[C@H](c2ccc(F)cc2)C1. The zero-order valence-electron chi connectivity index (χ0n) is 15.2. The van der Waals surface area contributed by atoms with Gasteiger partial charge in [-0.3, -0.25) is 4.79 Å². The molecule has 2 aromatic carbocycles. The average molecular weight is 372 g/mol. The topological polar surface area (TPSA) is 67.9 Å². The molecule has 1 aliphatic heterocycles. The first-order valence-electron chi connectivity index (χ1n) is 8.60. The van der Waals surface area contributed by atoms with Gasteiger partial charge >= 0.3 is 6.03 Å². The summed E-state index contributed by atoms with van der Waals surface area (Å²) in [5.41, 5.74) is 1.72. The zero-order chi connectivity index (χ0) is 19.4. The van der Waals surface area contributed by atoms with Crippen molar-refractivity contribution in [2.24, 2.45) is 0 Å². The van der Waals surface area contributed by atoms with Crippen LogP contribution in [0, 0.1) is 5.82 Å². The zero-order valence-corrected chi connectivity index (χ0v) is 15.2. The van der Waals surface area contributed by atoms with E-state index in [9.17, 15) is 14.0 Å². The summed E-state index contributed by atoms with van der Waals surface area (Å²) in [6.45, 7) is 2.60. The summed E-state index contributed by atoms with van der Waals surface area (Å²) < 4.78 is 24.1. The lowest BCUT2D eigenvalue weighted by atomic mass is 10.1. The minimum absolute atomic E-state index is 0.101. The molecule has 6 nitrogen and oxygen atoms in total. The van der Waals surface area contributed by atoms with Gasteiger partial charge in [-0.1, -0.05) is 12.1 Å². The molecule has 142 valence electrons. The van der Waals surface area contributed by atoms with E-state index in [4.69, 9.17) is 9.47 Å². The third-order valence-electron chi connectivity index (χ3n) is 4.44. The van der Waals surface area contributed by atoms with Crippen LogP contribution in [-0.4, -0.2) is 43.5 Å². The van der Waals surface area contributed by atoms with Crippen LogP contribution in [0.4, 0.5) is 14.9 Å². The number of anilines is 1. The van der Waals surface area contributed by atoms with E-state index in [0.29, 0.717) is 36.7 Å². The van der Waals surface area contributed by atoms with Gasteiger partial charge in [-0.2, -0.15) is 0 Å². The second kappa shape index (κ2) is 8.18. The number of urea groups is 1. The van der Waals surface area contributed by atoms with Crippen molar-refractivity contribution in [2.45, 2.75) is 13.0 Å². The summed E-state index contributed by atoms with van der Waals surface area (Å²) in [4.78, 5) is 25.9. The first-order valence-corrected chi connectivity index (χ1v) is 8.60. The van der Waals surface area contributed by atoms with Crippen molar-refractivity contribution in [2.75, 3.05) is 32.1 Å². The van der Waals surface area contributed by atoms with Crippen molar-refractivity contribution < 1.29 is 23.5 Å². The Hall–Kier alpha value is -2.93. The molecule has 27 heavy (non-hydrogen) atoms. The van der Waals surface area contributed by atoms with Gasteiger partial charge in [-0.25, -0.2) is 9.18 Å². The largest absolute Gasteiger partial charge is 0.495 e. The van der Waals surface area contributed by atoms with Crippen molar-refractivity contribution >= 4 is 17.5 Å². The molecule has 1 aliphatic rings. The third kappa shape index (κ3) is 4.43. The Balaban J connectivity index is 1.73. The molecular formula is C20H21FN2O4. The van der Waals surface area contributed by atoms with Crippen molar-refractivity contribution in [1.82, 2.24) is 4.90 Å². The number of ketones is 1. The molecule has 1 heterocycles. The highest BCUT2D eigenvalue weighted by molar-refractivity contribution is 5.98. The number of halogens is 1. The fourth-order valence-electron chi connectivity index (χ4n) is 2.93. The van der Waals surface area contributed by atoms with E-state index in [1.807, 2.05) is 0 Å². The number of carbonyl (C=O) groups is 2. The van der Waals surface area contributed by atoms with Gasteiger partial charge in [0.15, 0.2) is 5.78 Å². The second-order valence-corrected chi connectivity index (χ2v) is 6.26. The van der Waals surface area contributed by atoms with E-state index < -0.39 is 0 Å². The van der Waals surface area contributed by atoms with Crippen LogP contribution in [0.5, 0.6) is 5.75 Å². The fourth-order valence-corrected chi connectivity index (χ4v) is 2.93. The lowest BCUT2D eigenvalue weighted by Gasteiger charge is -2.33. The van der Waals surface area contributed by atoms with Gasteiger partial charge in [-0.05, 0) is 42.8 Å². The highest BCUT2D eigenvalue weighted by atomic mass is 19.1. The minimum Gasteiger partial charge on any atom is -0.495 e. The van der Waals surface area contributed by atoms with E-state index in [-0.39, 0.29) is 23.7 Å². The van der Waals surface area contributed by atoms with Crippen molar-refractivity contribution in [3.05, 3.63) is 59.4 Å². The Bertz CT molecular complexity index is 838. The van der Waals surface area contributed by atoms with E-state index >= 15 is 0 Å². The van der Waals surface area contributed by atoms with E-state index in [1.165, 1.54) is 26.2 Å². The average Bonchev–Trinajstić information content (AvgIpc) is 2.68. The summed E-state index contributed by atoms with van der Waals surface area (Å²) in [5, 5.41) is 2.80. The Morgan fingerprint density at radius 1 is 1.22 bits per heavy atom. The van der Waals surface area contributed by atoms with E-state index in [0.717, 1.165) is 5.56 Å². The standard InChI is InChI=1S/C20H21FN2O4/c1-13(24)15-5-8-18(26-2)17(11-15)22-20(25)23-9-10-27-19(12-23)14-3-6-16(21)7-4-14/h3-8,11,19H,9-10,12H2,1-2H3,(H,22,25)/t19-/m0/s1. The van der Waals surface area contributed by atoms with Gasteiger partial charge in [-0.15, -0.1) is 0 Å². The Kier molecular flexibility index (Phi) is 5.71. The number of nitrogens with zero attached hydrogens (tertiary/aromatic N) is 1. The van der Waals surface area contributed by atoms with Crippen LogP contribution in [0.3, 0.4) is 0 Å². The summed E-state index contributed by atoms with van der Waals surface area (Å²) in [7, 11) is 1.50. The van der Waals surface area contributed by atoms with E-state index in [1.54, 1.807) is 35.2 Å². The molecule has 0 spiro atoms. The van der Waals surface area contributed by atoms with Crippen molar-refractivity contribution in [3.63, 3.8) is 0 Å². The summed E-state index contributed by atoms with van der Waals surface area (Å²) in [6.07, 6.45) is -0.324. The summed E-state index contributed by atoms with van der Waals surface area (Å²) in [5.74, 6) is 0.0502. The van der Waals surface area contributed by atoms with Gasteiger partial charge in [0.05, 0.1) is 25.9 Å². The highest BCUT2D eigenvalue weighted by Gasteiger charge is 2.26. The molecule has 2 amide bonds. The van der Waals surface area contributed by atoms with Crippen LogP contribution in [0.1, 0.15) is 28.9 Å². The number of Topliss-reactive ketones (excluding diaryl/α,β-unsaturated/α-hetero) is 1. The van der Waals surface area contributed by atoms with Crippen LogP contribution in [0.2, 0.25) is 0 Å². The van der Waals surface area contributed by atoms with Gasteiger partial charge in [0.1, 0.15) is 17.7 Å². The van der Waals surface area contributed by atoms with Crippen LogP contribution >= 0.6 is 0 Å². The van der Waals surface area contributed by atoms with E-state index in [2.05, 4.69) is 5.32 Å². The molecule has 1 atom stereocenters. The molecule has 1 saturated heterocycles. The number of hydrogen-bond donors (Lipinski definition) is 1. The van der Waals surface area contributed by atoms with Gasteiger partial charge < -0.3 is 19.7 Å². The first-order chi connectivity index (χ1) is 13.0. The smallest absolute Gasteiger partial charge is 0.322 e. The lowest BCUT2D eigenvalue weighted by Crippen LogP contribution is -2.44. The minimum atomic E-state index is -0.324. The lowest BCUT2D eigenvalue weighted by molar-refractivity contribution is -0.0135. The molecular weight excluding hydrogens is 351 g/mol. The molecule has 3 rings (SSSR count). The number of hydrogen-bond acceptors (Lipinski definition) is 4. The maximum absolute atomic E-state index is 13.1. The number of morpholine rings is 1. The molecule has 0 unspecified atom stereocenters. The fraction of sp³-hybridized carbons (Fsp3) is 0.300. The van der Waals surface area contributed by atoms with Crippen molar-refractivity contribution in [3.8, 4) is 5.75 Å². The maximum atomic E-state index is 13.1. The van der Waals surface area contributed by atoms with Gasteiger partial charge in [0.25, 0.3) is 0 Å². The number of methoxy groups -OCH3 is 1. The van der Waals surface area contributed by atoms with Crippen LogP contribution < -0.4 is 10.1 Å². The first kappa shape index (κ1) is 18.8. The Morgan fingerprint density at radius 3 is 2.63 bits per heavy atom.